The molecule has 1 aliphatic carbocycles. The second-order valence-corrected chi connectivity index (χ2v) is 5.51. The number of amides is 1. The van der Waals surface area contributed by atoms with Crippen LogP contribution < -0.4 is 0 Å². The molecule has 0 N–H and O–H groups in total. The van der Waals surface area contributed by atoms with Crippen LogP contribution in [0.2, 0.25) is 0 Å². The molecular formula is C15H18N2O5. The zero-order chi connectivity index (χ0) is 16.4. The van der Waals surface area contributed by atoms with Crippen LogP contribution in [-0.2, 0) is 4.74 Å². The van der Waals surface area contributed by atoms with Crippen LogP contribution in [0, 0.1) is 16.0 Å². The number of hydrogen-bond acceptors (Lipinski definition) is 5. The number of nitrogens with zero attached hydrogens (tertiary/aromatic N) is 2. The van der Waals surface area contributed by atoms with Gasteiger partial charge in [0.05, 0.1) is 17.6 Å². The van der Waals surface area contributed by atoms with Gasteiger partial charge < -0.3 is 9.64 Å². The van der Waals surface area contributed by atoms with Crippen LogP contribution >= 0.6 is 0 Å². The molecule has 1 aromatic carbocycles. The number of carbonyl (C=O) groups is 2. The number of benzene rings is 1. The Balaban J connectivity index is 2.35. The van der Waals surface area contributed by atoms with Crippen LogP contribution in [-0.4, -0.2) is 41.9 Å². The molecule has 22 heavy (non-hydrogen) atoms. The predicted molar refractivity (Wildman–Crippen MR) is 78.7 cm³/mol. The minimum atomic E-state index is -0.712. The Bertz CT molecular complexity index is 624. The highest BCUT2D eigenvalue weighted by Crippen LogP contribution is 2.35. The van der Waals surface area contributed by atoms with Crippen molar-refractivity contribution in [3.8, 4) is 0 Å². The number of non-ortho nitro benzene ring substituents is 1. The Morgan fingerprint density at radius 2 is 1.91 bits per heavy atom. The predicted octanol–water partition coefficient (Wildman–Crippen LogP) is 2.25. The van der Waals surface area contributed by atoms with Crippen molar-refractivity contribution in [3.05, 3.63) is 39.4 Å². The average Bonchev–Trinajstić information content (AvgIpc) is 3.36. The summed E-state index contributed by atoms with van der Waals surface area (Å²) < 4.78 is 4.58. The van der Waals surface area contributed by atoms with E-state index in [0.717, 1.165) is 18.9 Å². The van der Waals surface area contributed by atoms with E-state index < -0.39 is 10.9 Å². The van der Waals surface area contributed by atoms with Gasteiger partial charge in [-0.25, -0.2) is 4.79 Å². The number of carbonyl (C=O) groups excluding carboxylic acids is 2. The maximum absolute atomic E-state index is 12.5. The number of esters is 1. The minimum absolute atomic E-state index is 0.00692. The number of nitro benzene ring substituents is 1. The molecule has 118 valence electrons. The van der Waals surface area contributed by atoms with Gasteiger partial charge in [-0.1, -0.05) is 0 Å². The molecule has 2 rings (SSSR count). The number of rotatable bonds is 5. The molecule has 0 saturated heterocycles. The van der Waals surface area contributed by atoms with E-state index in [1.54, 1.807) is 11.9 Å². The number of ether oxygens (including phenoxy) is 1. The maximum atomic E-state index is 12.5. The summed E-state index contributed by atoms with van der Waals surface area (Å²) in [7, 11) is 2.85. The third kappa shape index (κ3) is 3.24. The Labute approximate surface area is 128 Å². The number of methoxy groups -OCH3 is 1. The molecule has 1 aromatic rings. The van der Waals surface area contributed by atoms with Crippen LogP contribution in [0.4, 0.5) is 5.69 Å². The minimum Gasteiger partial charge on any atom is -0.465 e. The number of nitro groups is 1. The monoisotopic (exact) mass is 306 g/mol. The molecule has 0 bridgehead atoms. The fourth-order valence-electron chi connectivity index (χ4n) is 2.36. The summed E-state index contributed by atoms with van der Waals surface area (Å²) >= 11 is 0. The Morgan fingerprint density at radius 1 is 1.32 bits per heavy atom. The highest BCUT2D eigenvalue weighted by Gasteiger charge is 2.33. The van der Waals surface area contributed by atoms with Crippen LogP contribution in [0.5, 0.6) is 0 Å². The van der Waals surface area contributed by atoms with E-state index in [1.165, 1.54) is 19.2 Å². The fraction of sp³-hybridized carbons (Fsp3) is 0.467. The van der Waals surface area contributed by atoms with Gasteiger partial charge in [0.25, 0.3) is 11.6 Å². The van der Waals surface area contributed by atoms with Gasteiger partial charge in [0.2, 0.25) is 0 Å². The summed E-state index contributed by atoms with van der Waals surface area (Å²) in [5.41, 5.74) is -0.198. The van der Waals surface area contributed by atoms with E-state index in [2.05, 4.69) is 4.74 Å². The van der Waals surface area contributed by atoms with Crippen LogP contribution in [0.25, 0.3) is 0 Å². The van der Waals surface area contributed by atoms with Gasteiger partial charge in [0.1, 0.15) is 0 Å². The molecule has 0 aromatic heterocycles. The lowest BCUT2D eigenvalue weighted by Crippen LogP contribution is -2.36. The third-order valence-corrected chi connectivity index (χ3v) is 4.03. The topological polar surface area (TPSA) is 89.8 Å². The Kier molecular flexibility index (Phi) is 4.44. The van der Waals surface area contributed by atoms with Crippen molar-refractivity contribution in [2.75, 3.05) is 14.2 Å². The van der Waals surface area contributed by atoms with Gasteiger partial charge in [-0.2, -0.15) is 0 Å². The lowest BCUT2D eigenvalue weighted by atomic mass is 10.1. The van der Waals surface area contributed by atoms with E-state index >= 15 is 0 Å². The summed E-state index contributed by atoms with van der Waals surface area (Å²) in [5.74, 6) is -0.573. The molecule has 1 saturated carbocycles. The smallest absolute Gasteiger partial charge is 0.338 e. The van der Waals surface area contributed by atoms with Crippen molar-refractivity contribution in [1.82, 2.24) is 4.90 Å². The molecule has 0 spiro atoms. The average molecular weight is 306 g/mol. The second kappa shape index (κ2) is 6.13. The third-order valence-electron chi connectivity index (χ3n) is 4.03. The molecule has 1 fully saturated rings. The van der Waals surface area contributed by atoms with Gasteiger partial charge in [0, 0.05) is 30.8 Å². The molecule has 7 heteroatoms. The molecule has 1 atom stereocenters. The molecule has 0 radical (unpaired) electrons. The van der Waals surface area contributed by atoms with Crippen molar-refractivity contribution in [3.63, 3.8) is 0 Å². The van der Waals surface area contributed by atoms with E-state index in [9.17, 15) is 19.7 Å². The fourth-order valence-corrected chi connectivity index (χ4v) is 2.36. The summed E-state index contributed by atoms with van der Waals surface area (Å²) in [6.45, 7) is 1.95. The van der Waals surface area contributed by atoms with E-state index in [0.29, 0.717) is 5.92 Å². The first-order valence-corrected chi connectivity index (χ1v) is 7.00. The van der Waals surface area contributed by atoms with Crippen molar-refractivity contribution in [1.29, 1.82) is 0 Å². The van der Waals surface area contributed by atoms with Gasteiger partial charge in [-0.3, -0.25) is 14.9 Å². The van der Waals surface area contributed by atoms with E-state index in [1.807, 2.05) is 6.92 Å². The summed E-state index contributed by atoms with van der Waals surface area (Å²) in [4.78, 5) is 36.0. The van der Waals surface area contributed by atoms with Gasteiger partial charge >= 0.3 is 5.97 Å². The summed E-state index contributed by atoms with van der Waals surface area (Å²) in [6, 6.07) is 3.68. The van der Waals surface area contributed by atoms with Crippen LogP contribution in [0.3, 0.4) is 0 Å². The van der Waals surface area contributed by atoms with E-state index in [4.69, 9.17) is 0 Å². The first kappa shape index (κ1) is 15.9. The zero-order valence-electron chi connectivity index (χ0n) is 12.7. The molecular weight excluding hydrogens is 288 g/mol. The lowest BCUT2D eigenvalue weighted by molar-refractivity contribution is -0.384. The molecule has 1 unspecified atom stereocenters. The lowest BCUT2D eigenvalue weighted by Gasteiger charge is -2.25. The normalized spacial score (nSPS) is 15.0. The van der Waals surface area contributed by atoms with Crippen LogP contribution in [0.1, 0.15) is 40.5 Å². The van der Waals surface area contributed by atoms with Crippen molar-refractivity contribution >= 4 is 17.6 Å². The van der Waals surface area contributed by atoms with E-state index in [-0.39, 0.29) is 28.8 Å². The highest BCUT2D eigenvalue weighted by molar-refractivity contribution is 5.99. The van der Waals surface area contributed by atoms with Crippen molar-refractivity contribution in [2.45, 2.75) is 25.8 Å². The SMILES string of the molecule is COC(=O)c1cc(C(=O)N(C)C(C)C2CC2)cc([N+](=O)[O-])c1. The standard InChI is InChI=1S/C15H18N2O5/c1-9(10-4-5-10)16(2)14(18)11-6-12(15(19)22-3)8-13(7-11)17(20)21/h6-10H,4-5H2,1-3H3. The first-order valence-electron chi connectivity index (χ1n) is 7.00. The molecule has 0 aliphatic heterocycles. The molecule has 7 nitrogen and oxygen atoms in total. The number of hydrogen-bond donors (Lipinski definition) is 0. The summed E-state index contributed by atoms with van der Waals surface area (Å²) in [6.07, 6.45) is 2.17. The second-order valence-electron chi connectivity index (χ2n) is 5.51. The molecule has 0 heterocycles. The van der Waals surface area contributed by atoms with Gasteiger partial charge in [-0.15, -0.1) is 0 Å². The zero-order valence-corrected chi connectivity index (χ0v) is 12.7. The van der Waals surface area contributed by atoms with Gasteiger partial charge in [0.15, 0.2) is 0 Å². The van der Waals surface area contributed by atoms with Crippen LogP contribution in [0.15, 0.2) is 18.2 Å². The Hall–Kier alpha value is -2.44. The first-order chi connectivity index (χ1) is 10.3. The van der Waals surface area contributed by atoms with Gasteiger partial charge in [-0.05, 0) is 31.7 Å². The maximum Gasteiger partial charge on any atom is 0.338 e. The summed E-state index contributed by atoms with van der Waals surface area (Å²) in [5, 5.41) is 11.0. The largest absolute Gasteiger partial charge is 0.465 e. The Morgan fingerprint density at radius 3 is 2.41 bits per heavy atom. The van der Waals surface area contributed by atoms with Crippen molar-refractivity contribution < 1.29 is 19.2 Å². The molecule has 1 aliphatic rings. The quantitative estimate of drug-likeness (QED) is 0.473. The van der Waals surface area contributed by atoms with Crippen molar-refractivity contribution in [2.24, 2.45) is 5.92 Å². The molecule has 1 amide bonds. The highest BCUT2D eigenvalue weighted by atomic mass is 16.6.